The summed E-state index contributed by atoms with van der Waals surface area (Å²) >= 11 is 0. The van der Waals surface area contributed by atoms with Gasteiger partial charge in [-0.1, -0.05) is 0 Å². The molecule has 0 aliphatic rings. The van der Waals surface area contributed by atoms with Crippen LogP contribution in [-0.2, 0) is 20.9 Å². The molecular weight excluding hydrogens is 254 g/mol. The summed E-state index contributed by atoms with van der Waals surface area (Å²) < 4.78 is 6.09. The van der Waals surface area contributed by atoms with Gasteiger partial charge in [-0.3, -0.25) is 0 Å². The van der Waals surface area contributed by atoms with E-state index in [2.05, 4.69) is 4.98 Å². The molecule has 0 amide bonds. The van der Waals surface area contributed by atoms with Crippen LogP contribution >= 0.6 is 0 Å². The lowest BCUT2D eigenvalue weighted by Gasteiger charge is -2.06. The highest BCUT2D eigenvalue weighted by atomic mass is 16.6. The molecule has 0 aliphatic heterocycles. The van der Waals surface area contributed by atoms with Crippen LogP contribution < -0.4 is 0 Å². The average Bonchev–Trinajstić information content (AvgIpc) is 2.68. The van der Waals surface area contributed by atoms with Gasteiger partial charge in [0.05, 0.1) is 6.61 Å². The van der Waals surface area contributed by atoms with Gasteiger partial charge in [-0.05, 0) is 23.8 Å². The minimum absolute atomic E-state index is 0.0526. The number of aromatic nitrogens is 2. The molecule has 0 bridgehead atoms. The highest BCUT2D eigenvalue weighted by molar-refractivity contribution is 6.25. The molecule has 0 N–H and O–H groups in total. The van der Waals surface area contributed by atoms with Gasteiger partial charge in [0.15, 0.2) is 11.3 Å². The normalized spacial score (nSPS) is 9.84. The topological polar surface area (TPSA) is 104 Å². The Bertz CT molecular complexity index is 569. The van der Waals surface area contributed by atoms with E-state index in [1.165, 1.54) is 10.5 Å². The Morgan fingerprint density at radius 3 is 2.58 bits per heavy atom. The number of nitro groups is 1. The summed E-state index contributed by atoms with van der Waals surface area (Å²) in [6.45, 7) is 5.21. The van der Waals surface area contributed by atoms with Crippen molar-refractivity contribution in [2.45, 2.75) is 27.3 Å². The fourth-order valence-corrected chi connectivity index (χ4v) is 1.70. The molecule has 8 nitrogen and oxygen atoms in total. The van der Waals surface area contributed by atoms with Crippen LogP contribution in [0.1, 0.15) is 25.4 Å². The number of hydrogen-bond donors (Lipinski definition) is 0. The third-order valence-corrected chi connectivity index (χ3v) is 2.45. The molecule has 0 unspecified atom stereocenters. The maximum atomic E-state index is 11.6. The molecule has 1 rings (SSSR count). The minimum atomic E-state index is -0.949. The van der Waals surface area contributed by atoms with Gasteiger partial charge in [0.2, 0.25) is 5.82 Å². The third-order valence-electron chi connectivity index (χ3n) is 2.45. The quantitative estimate of drug-likeness (QED) is 0.258. The van der Waals surface area contributed by atoms with Gasteiger partial charge in [-0.15, -0.1) is 0 Å². The van der Waals surface area contributed by atoms with Crippen molar-refractivity contribution in [2.75, 3.05) is 6.61 Å². The highest BCUT2D eigenvalue weighted by Gasteiger charge is 2.32. The van der Waals surface area contributed by atoms with Crippen LogP contribution in [0.5, 0.6) is 0 Å². The zero-order valence-corrected chi connectivity index (χ0v) is 10.8. The monoisotopic (exact) mass is 267 g/mol. The van der Waals surface area contributed by atoms with Crippen LogP contribution in [0.15, 0.2) is 0 Å². The Kier molecular flexibility index (Phi) is 4.55. The average molecular weight is 267 g/mol. The third kappa shape index (κ3) is 2.69. The first-order chi connectivity index (χ1) is 8.97. The molecular formula is C11H13N3O5. The Morgan fingerprint density at radius 2 is 2.16 bits per heavy atom. The number of nitrogens with zero attached hydrogens (tertiary/aromatic N) is 3. The summed E-state index contributed by atoms with van der Waals surface area (Å²) in [5, 5.41) is 10.9. The van der Waals surface area contributed by atoms with Crippen LogP contribution in [0.4, 0.5) is 5.82 Å². The van der Waals surface area contributed by atoms with Gasteiger partial charge in [0.25, 0.3) is 0 Å². The summed E-state index contributed by atoms with van der Waals surface area (Å²) in [6.07, 6.45) is 0. The molecule has 0 saturated carbocycles. The van der Waals surface area contributed by atoms with Gasteiger partial charge in [0.1, 0.15) is 5.94 Å². The fourth-order valence-electron chi connectivity index (χ4n) is 1.70. The molecule has 0 fully saturated rings. The molecule has 0 spiro atoms. The number of carbonyl (C=O) groups excluding carboxylic acids is 2. The molecule has 0 atom stereocenters. The van der Waals surface area contributed by atoms with Crippen molar-refractivity contribution in [3.63, 3.8) is 0 Å². The summed E-state index contributed by atoms with van der Waals surface area (Å²) in [4.78, 5) is 36.5. The number of esters is 1. The van der Waals surface area contributed by atoms with Crippen LogP contribution in [0, 0.1) is 17.0 Å². The Balaban J connectivity index is 3.50. The van der Waals surface area contributed by atoms with Crippen LogP contribution in [0.25, 0.3) is 5.57 Å². The number of aryl methyl sites for hydroxylation is 1. The molecule has 102 valence electrons. The minimum Gasteiger partial charge on any atom is -0.462 e. The lowest BCUT2D eigenvalue weighted by Crippen LogP contribution is -2.13. The SMILES string of the molecule is CCOC(=O)C(=C=O)c1c([N+](=O)[O-])nc(C)n1CC. The van der Waals surface area contributed by atoms with E-state index in [0.717, 1.165) is 0 Å². The fraction of sp³-hybridized carbons (Fsp3) is 0.455. The van der Waals surface area contributed by atoms with Gasteiger partial charge >= 0.3 is 11.8 Å². The largest absolute Gasteiger partial charge is 0.462 e. The van der Waals surface area contributed by atoms with Gasteiger partial charge < -0.3 is 19.4 Å². The Hall–Kier alpha value is -2.47. The van der Waals surface area contributed by atoms with E-state index in [1.54, 1.807) is 20.8 Å². The second kappa shape index (κ2) is 5.92. The van der Waals surface area contributed by atoms with Crippen molar-refractivity contribution in [2.24, 2.45) is 0 Å². The number of ether oxygens (including phenoxy) is 1. The molecule has 0 saturated heterocycles. The number of hydrogen-bond acceptors (Lipinski definition) is 6. The lowest BCUT2D eigenvalue weighted by molar-refractivity contribution is -0.389. The number of imidazole rings is 1. The molecule has 0 aliphatic carbocycles. The molecule has 1 aromatic heterocycles. The van der Waals surface area contributed by atoms with E-state index >= 15 is 0 Å². The molecule has 0 radical (unpaired) electrons. The summed E-state index contributed by atoms with van der Waals surface area (Å²) in [5.74, 6) is 0.248. The molecule has 1 heterocycles. The van der Waals surface area contributed by atoms with Gasteiger partial charge in [0, 0.05) is 13.5 Å². The maximum Gasteiger partial charge on any atom is 0.391 e. The predicted molar refractivity (Wildman–Crippen MR) is 65.0 cm³/mol. The van der Waals surface area contributed by atoms with E-state index in [9.17, 15) is 19.7 Å². The van der Waals surface area contributed by atoms with Crippen molar-refractivity contribution in [3.8, 4) is 0 Å². The lowest BCUT2D eigenvalue weighted by atomic mass is 10.2. The van der Waals surface area contributed by atoms with E-state index in [4.69, 9.17) is 4.74 Å². The standard InChI is InChI=1S/C11H13N3O5/c1-4-13-7(3)12-10(14(17)18)9(13)8(6-15)11(16)19-5-2/h4-5H2,1-3H3. The first-order valence-electron chi connectivity index (χ1n) is 5.61. The molecule has 0 aromatic carbocycles. The van der Waals surface area contributed by atoms with E-state index in [-0.39, 0.29) is 12.3 Å². The Labute approximate surface area is 108 Å². The summed E-state index contributed by atoms with van der Waals surface area (Å²) in [5.41, 5.74) is -0.686. The maximum absolute atomic E-state index is 11.6. The number of carbonyl (C=O) groups is 1. The molecule has 19 heavy (non-hydrogen) atoms. The smallest absolute Gasteiger partial charge is 0.391 e. The second-order valence-corrected chi connectivity index (χ2v) is 3.53. The first-order valence-corrected chi connectivity index (χ1v) is 5.61. The predicted octanol–water partition coefficient (Wildman–Crippen LogP) is 0.898. The zero-order chi connectivity index (χ0) is 14.6. The van der Waals surface area contributed by atoms with E-state index in [1.807, 2.05) is 0 Å². The summed E-state index contributed by atoms with van der Waals surface area (Å²) in [6, 6.07) is 0. The van der Waals surface area contributed by atoms with Crippen molar-refractivity contribution in [3.05, 3.63) is 21.6 Å². The van der Waals surface area contributed by atoms with Crippen LogP contribution in [-0.4, -0.2) is 33.0 Å². The molecule has 1 aromatic rings. The first kappa shape index (κ1) is 14.6. The number of rotatable bonds is 5. The van der Waals surface area contributed by atoms with Crippen LogP contribution in [0.3, 0.4) is 0 Å². The van der Waals surface area contributed by atoms with Crippen molar-refractivity contribution >= 4 is 23.3 Å². The van der Waals surface area contributed by atoms with Gasteiger partial charge in [-0.2, -0.15) is 0 Å². The van der Waals surface area contributed by atoms with Gasteiger partial charge in [-0.25, -0.2) is 9.59 Å². The summed E-state index contributed by atoms with van der Waals surface area (Å²) in [7, 11) is 0. The van der Waals surface area contributed by atoms with Crippen LogP contribution in [0.2, 0.25) is 0 Å². The van der Waals surface area contributed by atoms with E-state index < -0.39 is 22.3 Å². The Morgan fingerprint density at radius 1 is 1.53 bits per heavy atom. The van der Waals surface area contributed by atoms with Crippen molar-refractivity contribution < 1.29 is 19.2 Å². The van der Waals surface area contributed by atoms with Crippen molar-refractivity contribution in [1.29, 1.82) is 0 Å². The zero-order valence-electron chi connectivity index (χ0n) is 10.8. The van der Waals surface area contributed by atoms with E-state index in [0.29, 0.717) is 12.4 Å². The highest BCUT2D eigenvalue weighted by Crippen LogP contribution is 2.26. The second-order valence-electron chi connectivity index (χ2n) is 3.53. The van der Waals surface area contributed by atoms with Crippen molar-refractivity contribution in [1.82, 2.24) is 9.55 Å². The molecule has 8 heteroatoms.